The van der Waals surface area contributed by atoms with E-state index in [0.29, 0.717) is 18.2 Å². The summed E-state index contributed by atoms with van der Waals surface area (Å²) in [4.78, 5) is 14.2. The molecule has 0 spiro atoms. The van der Waals surface area contributed by atoms with Crippen LogP contribution in [0.25, 0.3) is 0 Å². The van der Waals surface area contributed by atoms with Crippen LogP contribution in [0.2, 0.25) is 0 Å². The van der Waals surface area contributed by atoms with E-state index in [2.05, 4.69) is 22.6 Å². The SMILES string of the molecule is CN(CCC(=O)Nc1cccc(F)c1)C1CCCNCC1. The molecular weight excluding hydrogens is 269 g/mol. The van der Waals surface area contributed by atoms with Gasteiger partial charge in [0.05, 0.1) is 0 Å². The quantitative estimate of drug-likeness (QED) is 0.875. The molecule has 116 valence electrons. The standard InChI is InChI=1S/C16H24FN3O/c1-20(15-6-3-9-18-10-7-15)11-8-16(21)19-14-5-2-4-13(17)12-14/h2,4-5,12,15,18H,3,6-11H2,1H3,(H,19,21). The van der Waals surface area contributed by atoms with Crippen LogP contribution >= 0.6 is 0 Å². The summed E-state index contributed by atoms with van der Waals surface area (Å²) in [5.74, 6) is -0.407. The van der Waals surface area contributed by atoms with Crippen molar-refractivity contribution < 1.29 is 9.18 Å². The summed E-state index contributed by atoms with van der Waals surface area (Å²) in [5.41, 5.74) is 0.515. The van der Waals surface area contributed by atoms with E-state index < -0.39 is 0 Å². The Morgan fingerprint density at radius 3 is 3.10 bits per heavy atom. The van der Waals surface area contributed by atoms with Gasteiger partial charge in [-0.2, -0.15) is 0 Å². The number of nitrogens with one attached hydrogen (secondary N) is 2. The molecule has 2 N–H and O–H groups in total. The second kappa shape index (κ2) is 8.10. The van der Waals surface area contributed by atoms with Gasteiger partial charge in [0, 0.05) is 24.7 Å². The summed E-state index contributed by atoms with van der Waals surface area (Å²) in [5, 5.41) is 6.13. The van der Waals surface area contributed by atoms with Crippen molar-refractivity contribution in [1.29, 1.82) is 0 Å². The van der Waals surface area contributed by atoms with Gasteiger partial charge in [0.25, 0.3) is 0 Å². The number of carbonyl (C=O) groups is 1. The van der Waals surface area contributed by atoms with Crippen LogP contribution in [0.4, 0.5) is 10.1 Å². The van der Waals surface area contributed by atoms with Crippen LogP contribution in [0.3, 0.4) is 0 Å². The second-order valence-corrected chi connectivity index (χ2v) is 5.62. The maximum absolute atomic E-state index is 13.0. The molecule has 1 aliphatic heterocycles. The second-order valence-electron chi connectivity index (χ2n) is 5.62. The number of carbonyl (C=O) groups excluding carboxylic acids is 1. The summed E-state index contributed by atoms with van der Waals surface area (Å²) in [6.45, 7) is 2.86. The molecule has 0 aromatic heterocycles. The summed E-state index contributed by atoms with van der Waals surface area (Å²) >= 11 is 0. The van der Waals surface area contributed by atoms with E-state index in [9.17, 15) is 9.18 Å². The first-order valence-electron chi connectivity index (χ1n) is 7.61. The predicted octanol–water partition coefficient (Wildman–Crippen LogP) is 2.23. The smallest absolute Gasteiger partial charge is 0.225 e. The largest absolute Gasteiger partial charge is 0.326 e. The molecule has 0 bridgehead atoms. The molecule has 1 aromatic rings. The van der Waals surface area contributed by atoms with Gasteiger partial charge in [0.2, 0.25) is 5.91 Å². The fourth-order valence-corrected chi connectivity index (χ4v) is 2.69. The Balaban J connectivity index is 1.75. The first-order chi connectivity index (χ1) is 10.1. The highest BCUT2D eigenvalue weighted by atomic mass is 19.1. The van der Waals surface area contributed by atoms with Gasteiger partial charge in [-0.3, -0.25) is 4.79 Å². The number of amides is 1. The zero-order valence-electron chi connectivity index (χ0n) is 12.6. The Bertz CT molecular complexity index is 459. The number of halogens is 1. The lowest BCUT2D eigenvalue weighted by Gasteiger charge is -2.26. The number of hydrogen-bond acceptors (Lipinski definition) is 3. The molecule has 0 aliphatic carbocycles. The third-order valence-electron chi connectivity index (χ3n) is 3.97. The van der Waals surface area contributed by atoms with Crippen molar-refractivity contribution in [1.82, 2.24) is 10.2 Å². The van der Waals surface area contributed by atoms with Crippen molar-refractivity contribution >= 4 is 11.6 Å². The predicted molar refractivity (Wildman–Crippen MR) is 82.8 cm³/mol. The zero-order valence-corrected chi connectivity index (χ0v) is 12.6. The fraction of sp³-hybridized carbons (Fsp3) is 0.562. The average Bonchev–Trinajstić information content (AvgIpc) is 2.74. The Morgan fingerprint density at radius 2 is 2.29 bits per heavy atom. The summed E-state index contributed by atoms with van der Waals surface area (Å²) in [6, 6.07) is 6.53. The number of nitrogens with zero attached hydrogens (tertiary/aromatic N) is 1. The maximum atomic E-state index is 13.0. The molecule has 1 atom stereocenters. The van der Waals surface area contributed by atoms with Gasteiger partial charge >= 0.3 is 0 Å². The van der Waals surface area contributed by atoms with E-state index in [0.717, 1.165) is 26.1 Å². The zero-order chi connectivity index (χ0) is 15.1. The molecule has 0 radical (unpaired) electrons. The lowest BCUT2D eigenvalue weighted by molar-refractivity contribution is -0.116. The van der Waals surface area contributed by atoms with E-state index in [4.69, 9.17) is 0 Å². The van der Waals surface area contributed by atoms with E-state index in [1.165, 1.54) is 25.0 Å². The molecule has 1 aromatic carbocycles. The van der Waals surface area contributed by atoms with Crippen molar-refractivity contribution in [3.63, 3.8) is 0 Å². The van der Waals surface area contributed by atoms with E-state index in [1.54, 1.807) is 12.1 Å². The van der Waals surface area contributed by atoms with Crippen LogP contribution in [0.5, 0.6) is 0 Å². The normalized spacial score (nSPS) is 19.3. The minimum atomic E-state index is -0.337. The Hall–Kier alpha value is -1.46. The van der Waals surface area contributed by atoms with E-state index in [-0.39, 0.29) is 11.7 Å². The highest BCUT2D eigenvalue weighted by Gasteiger charge is 2.17. The van der Waals surface area contributed by atoms with Crippen molar-refractivity contribution in [3.8, 4) is 0 Å². The van der Waals surface area contributed by atoms with Crippen LogP contribution in [0, 0.1) is 5.82 Å². The van der Waals surface area contributed by atoms with Gasteiger partial charge in [0.15, 0.2) is 0 Å². The van der Waals surface area contributed by atoms with Gasteiger partial charge in [-0.1, -0.05) is 6.07 Å². The van der Waals surface area contributed by atoms with Crippen molar-refractivity contribution in [2.75, 3.05) is 32.0 Å². The van der Waals surface area contributed by atoms with Gasteiger partial charge in [0.1, 0.15) is 5.82 Å². The average molecular weight is 293 g/mol. The molecule has 2 rings (SSSR count). The molecule has 1 saturated heterocycles. The molecule has 5 heteroatoms. The molecule has 1 amide bonds. The van der Waals surface area contributed by atoms with E-state index in [1.807, 2.05) is 0 Å². The Morgan fingerprint density at radius 1 is 1.43 bits per heavy atom. The van der Waals surface area contributed by atoms with Crippen molar-refractivity contribution in [3.05, 3.63) is 30.1 Å². The van der Waals surface area contributed by atoms with E-state index >= 15 is 0 Å². The first kappa shape index (κ1) is 15.9. The van der Waals surface area contributed by atoms with Crippen LogP contribution in [0.15, 0.2) is 24.3 Å². The van der Waals surface area contributed by atoms with Gasteiger partial charge < -0.3 is 15.5 Å². The number of benzene rings is 1. The van der Waals surface area contributed by atoms with Crippen LogP contribution in [-0.4, -0.2) is 43.5 Å². The van der Waals surface area contributed by atoms with Crippen molar-refractivity contribution in [2.45, 2.75) is 31.7 Å². The minimum Gasteiger partial charge on any atom is -0.326 e. The summed E-state index contributed by atoms with van der Waals surface area (Å²) in [7, 11) is 2.07. The highest BCUT2D eigenvalue weighted by molar-refractivity contribution is 5.90. The Kier molecular flexibility index (Phi) is 6.14. The molecule has 1 unspecified atom stereocenters. The van der Waals surface area contributed by atoms with Gasteiger partial charge in [-0.05, 0) is 57.6 Å². The molecule has 1 heterocycles. The molecule has 0 saturated carbocycles. The highest BCUT2D eigenvalue weighted by Crippen LogP contribution is 2.13. The third kappa shape index (κ3) is 5.44. The molecule has 1 aliphatic rings. The first-order valence-corrected chi connectivity index (χ1v) is 7.61. The van der Waals surface area contributed by atoms with Crippen LogP contribution < -0.4 is 10.6 Å². The summed E-state index contributed by atoms with van der Waals surface area (Å²) < 4.78 is 13.0. The molecule has 1 fully saturated rings. The van der Waals surface area contributed by atoms with Crippen LogP contribution in [-0.2, 0) is 4.79 Å². The lowest BCUT2D eigenvalue weighted by atomic mass is 10.1. The summed E-state index contributed by atoms with van der Waals surface area (Å²) in [6.07, 6.45) is 3.92. The third-order valence-corrected chi connectivity index (χ3v) is 3.97. The monoisotopic (exact) mass is 293 g/mol. The molecule has 4 nitrogen and oxygen atoms in total. The van der Waals surface area contributed by atoms with Gasteiger partial charge in [-0.25, -0.2) is 4.39 Å². The van der Waals surface area contributed by atoms with Crippen LogP contribution in [0.1, 0.15) is 25.7 Å². The number of rotatable bonds is 5. The Labute approximate surface area is 125 Å². The van der Waals surface area contributed by atoms with Crippen molar-refractivity contribution in [2.24, 2.45) is 0 Å². The number of anilines is 1. The molecular formula is C16H24FN3O. The topological polar surface area (TPSA) is 44.4 Å². The lowest BCUT2D eigenvalue weighted by Crippen LogP contribution is -2.34. The number of hydrogen-bond donors (Lipinski definition) is 2. The van der Waals surface area contributed by atoms with Gasteiger partial charge in [-0.15, -0.1) is 0 Å². The fourth-order valence-electron chi connectivity index (χ4n) is 2.69. The molecule has 21 heavy (non-hydrogen) atoms. The minimum absolute atomic E-state index is 0.0702. The maximum Gasteiger partial charge on any atom is 0.225 e.